The zero-order chi connectivity index (χ0) is 11.3. The molecular formula is C11H22N2O2. The quantitative estimate of drug-likeness (QED) is 0.661. The van der Waals surface area contributed by atoms with E-state index in [1.165, 1.54) is 0 Å². The minimum atomic E-state index is -0.363. The van der Waals surface area contributed by atoms with Gasteiger partial charge in [-0.1, -0.05) is 0 Å². The van der Waals surface area contributed by atoms with E-state index in [1.54, 1.807) is 0 Å². The van der Waals surface area contributed by atoms with Gasteiger partial charge in [0.25, 0.3) is 0 Å². The van der Waals surface area contributed by atoms with Crippen LogP contribution < -0.4 is 10.6 Å². The van der Waals surface area contributed by atoms with Crippen molar-refractivity contribution in [1.29, 1.82) is 0 Å². The van der Waals surface area contributed by atoms with Crippen molar-refractivity contribution in [3.8, 4) is 0 Å². The van der Waals surface area contributed by atoms with Gasteiger partial charge in [-0.3, -0.25) is 4.79 Å². The van der Waals surface area contributed by atoms with Gasteiger partial charge in [-0.2, -0.15) is 0 Å². The summed E-state index contributed by atoms with van der Waals surface area (Å²) < 4.78 is 5.35. The Morgan fingerprint density at radius 3 is 2.87 bits per heavy atom. The van der Waals surface area contributed by atoms with Gasteiger partial charge < -0.3 is 15.4 Å². The van der Waals surface area contributed by atoms with Crippen LogP contribution in [0.25, 0.3) is 0 Å². The Balaban J connectivity index is 2.18. The van der Waals surface area contributed by atoms with Crippen LogP contribution in [0.15, 0.2) is 0 Å². The molecule has 1 rings (SSSR count). The van der Waals surface area contributed by atoms with Crippen molar-refractivity contribution < 1.29 is 9.53 Å². The lowest BCUT2D eigenvalue weighted by Crippen LogP contribution is -2.51. The summed E-state index contributed by atoms with van der Waals surface area (Å²) in [4.78, 5) is 11.8. The summed E-state index contributed by atoms with van der Waals surface area (Å²) in [6, 6.07) is 0. The standard InChI is InChI=1S/C11H22N2O2/c1-9(2)15-8-7-12-10(14)11(3)5-4-6-13-11/h9,13H,4-8H2,1-3H3,(H,12,14). The first-order valence-electron chi connectivity index (χ1n) is 5.69. The van der Waals surface area contributed by atoms with Gasteiger partial charge in [0.1, 0.15) is 0 Å². The number of ether oxygens (including phenoxy) is 1. The van der Waals surface area contributed by atoms with Crippen LogP contribution in [0.4, 0.5) is 0 Å². The zero-order valence-corrected chi connectivity index (χ0v) is 9.93. The molecule has 4 heteroatoms. The number of carbonyl (C=O) groups is 1. The van der Waals surface area contributed by atoms with Crippen LogP contribution in [0.2, 0.25) is 0 Å². The Morgan fingerprint density at radius 1 is 1.60 bits per heavy atom. The molecule has 88 valence electrons. The second kappa shape index (κ2) is 5.47. The molecule has 0 aliphatic carbocycles. The topological polar surface area (TPSA) is 50.4 Å². The second-order valence-electron chi connectivity index (χ2n) is 4.54. The Hall–Kier alpha value is -0.610. The third-order valence-electron chi connectivity index (χ3n) is 2.71. The van der Waals surface area contributed by atoms with Gasteiger partial charge >= 0.3 is 0 Å². The van der Waals surface area contributed by atoms with Crippen LogP contribution in [-0.4, -0.2) is 37.2 Å². The minimum Gasteiger partial charge on any atom is -0.377 e. The summed E-state index contributed by atoms with van der Waals surface area (Å²) in [5.41, 5.74) is -0.363. The van der Waals surface area contributed by atoms with Crippen LogP contribution in [0, 0.1) is 0 Å². The van der Waals surface area contributed by atoms with Gasteiger partial charge in [0.15, 0.2) is 0 Å². The third kappa shape index (κ3) is 3.80. The summed E-state index contributed by atoms with van der Waals surface area (Å²) in [5.74, 6) is 0.0901. The normalized spacial score (nSPS) is 25.9. The van der Waals surface area contributed by atoms with Crippen molar-refractivity contribution in [2.75, 3.05) is 19.7 Å². The highest BCUT2D eigenvalue weighted by Crippen LogP contribution is 2.18. The Bertz CT molecular complexity index is 211. The monoisotopic (exact) mass is 214 g/mol. The SMILES string of the molecule is CC(C)OCCNC(=O)C1(C)CCCN1. The van der Waals surface area contributed by atoms with Crippen molar-refractivity contribution in [3.63, 3.8) is 0 Å². The summed E-state index contributed by atoms with van der Waals surface area (Å²) in [6.07, 6.45) is 2.22. The number of rotatable bonds is 5. The average Bonchev–Trinajstić information content (AvgIpc) is 2.60. The van der Waals surface area contributed by atoms with Crippen LogP contribution >= 0.6 is 0 Å². The van der Waals surface area contributed by atoms with E-state index in [0.717, 1.165) is 19.4 Å². The lowest BCUT2D eigenvalue weighted by molar-refractivity contribution is -0.126. The first-order valence-corrected chi connectivity index (χ1v) is 5.69. The molecule has 1 atom stereocenters. The first-order chi connectivity index (χ1) is 7.04. The molecule has 1 saturated heterocycles. The van der Waals surface area contributed by atoms with E-state index in [2.05, 4.69) is 10.6 Å². The molecule has 0 bridgehead atoms. The molecule has 1 unspecified atom stereocenters. The van der Waals surface area contributed by atoms with Crippen LogP contribution in [0.1, 0.15) is 33.6 Å². The van der Waals surface area contributed by atoms with Gasteiger partial charge in [-0.15, -0.1) is 0 Å². The molecule has 0 saturated carbocycles. The fourth-order valence-corrected chi connectivity index (χ4v) is 1.74. The average molecular weight is 214 g/mol. The molecule has 1 aliphatic heterocycles. The fraction of sp³-hybridized carbons (Fsp3) is 0.909. The number of carbonyl (C=O) groups excluding carboxylic acids is 1. The van der Waals surface area contributed by atoms with Crippen LogP contribution in [0.5, 0.6) is 0 Å². The van der Waals surface area contributed by atoms with Crippen molar-refractivity contribution in [1.82, 2.24) is 10.6 Å². The third-order valence-corrected chi connectivity index (χ3v) is 2.71. The van der Waals surface area contributed by atoms with E-state index < -0.39 is 0 Å². The Morgan fingerprint density at radius 2 is 2.33 bits per heavy atom. The molecule has 2 N–H and O–H groups in total. The molecule has 0 aromatic rings. The Labute approximate surface area is 91.8 Å². The highest BCUT2D eigenvalue weighted by Gasteiger charge is 2.35. The molecule has 1 amide bonds. The van der Waals surface area contributed by atoms with Gasteiger partial charge in [-0.25, -0.2) is 0 Å². The highest BCUT2D eigenvalue weighted by atomic mass is 16.5. The van der Waals surface area contributed by atoms with E-state index in [9.17, 15) is 4.79 Å². The van der Waals surface area contributed by atoms with E-state index in [-0.39, 0.29) is 17.6 Å². The lowest BCUT2D eigenvalue weighted by atomic mass is 9.99. The number of amides is 1. The van der Waals surface area contributed by atoms with Crippen LogP contribution in [-0.2, 0) is 9.53 Å². The maximum absolute atomic E-state index is 11.8. The maximum atomic E-state index is 11.8. The van der Waals surface area contributed by atoms with Gasteiger partial charge in [0, 0.05) is 6.54 Å². The van der Waals surface area contributed by atoms with Crippen molar-refractivity contribution in [3.05, 3.63) is 0 Å². The molecule has 15 heavy (non-hydrogen) atoms. The molecule has 1 heterocycles. The van der Waals surface area contributed by atoms with Gasteiger partial charge in [0.2, 0.25) is 5.91 Å². The largest absolute Gasteiger partial charge is 0.377 e. The molecular weight excluding hydrogens is 192 g/mol. The highest BCUT2D eigenvalue weighted by molar-refractivity contribution is 5.86. The van der Waals surface area contributed by atoms with E-state index in [1.807, 2.05) is 20.8 Å². The minimum absolute atomic E-state index is 0.0901. The smallest absolute Gasteiger partial charge is 0.240 e. The first kappa shape index (κ1) is 12.5. The molecule has 0 radical (unpaired) electrons. The lowest BCUT2D eigenvalue weighted by Gasteiger charge is -2.23. The molecule has 0 spiro atoms. The van der Waals surface area contributed by atoms with E-state index >= 15 is 0 Å². The molecule has 0 aromatic carbocycles. The molecule has 1 fully saturated rings. The summed E-state index contributed by atoms with van der Waals surface area (Å²) >= 11 is 0. The van der Waals surface area contributed by atoms with Crippen LogP contribution in [0.3, 0.4) is 0 Å². The van der Waals surface area contributed by atoms with Crippen molar-refractivity contribution >= 4 is 5.91 Å². The fourth-order valence-electron chi connectivity index (χ4n) is 1.74. The van der Waals surface area contributed by atoms with E-state index in [4.69, 9.17) is 4.74 Å². The summed E-state index contributed by atoms with van der Waals surface area (Å²) in [5, 5.41) is 6.12. The predicted octanol–water partition coefficient (Wildman–Crippen LogP) is 0.670. The molecule has 0 aromatic heterocycles. The summed E-state index contributed by atoms with van der Waals surface area (Å²) in [7, 11) is 0. The summed E-state index contributed by atoms with van der Waals surface area (Å²) in [6.45, 7) is 8.04. The van der Waals surface area contributed by atoms with Gasteiger partial charge in [0.05, 0.1) is 18.2 Å². The van der Waals surface area contributed by atoms with E-state index in [0.29, 0.717) is 13.2 Å². The van der Waals surface area contributed by atoms with Crippen molar-refractivity contribution in [2.45, 2.75) is 45.3 Å². The second-order valence-corrected chi connectivity index (χ2v) is 4.54. The maximum Gasteiger partial charge on any atom is 0.240 e. The molecule has 1 aliphatic rings. The predicted molar refractivity (Wildman–Crippen MR) is 59.7 cm³/mol. The van der Waals surface area contributed by atoms with Gasteiger partial charge in [-0.05, 0) is 40.2 Å². The number of nitrogens with one attached hydrogen (secondary N) is 2. The molecule has 4 nitrogen and oxygen atoms in total. The van der Waals surface area contributed by atoms with Crippen molar-refractivity contribution in [2.24, 2.45) is 0 Å². The Kier molecular flexibility index (Phi) is 4.54. The zero-order valence-electron chi connectivity index (χ0n) is 9.93. The number of hydrogen-bond donors (Lipinski definition) is 2. The number of hydrogen-bond acceptors (Lipinski definition) is 3.